The van der Waals surface area contributed by atoms with Gasteiger partial charge in [-0.05, 0) is 20.8 Å². The molecule has 0 unspecified atom stereocenters. The predicted molar refractivity (Wildman–Crippen MR) is 99.4 cm³/mol. The normalized spacial score (nSPS) is 19.7. The van der Waals surface area contributed by atoms with Gasteiger partial charge >= 0.3 is 12.1 Å². The van der Waals surface area contributed by atoms with Gasteiger partial charge in [-0.2, -0.15) is 0 Å². The van der Waals surface area contributed by atoms with Crippen LogP contribution in [0.25, 0.3) is 0 Å². The van der Waals surface area contributed by atoms with Crippen molar-refractivity contribution in [3.8, 4) is 0 Å². The smallest absolute Gasteiger partial charge is 0.409 e. The van der Waals surface area contributed by atoms with Crippen LogP contribution in [0.5, 0.6) is 0 Å². The lowest BCUT2D eigenvalue weighted by atomic mass is 10.1. The molecule has 0 bridgehead atoms. The third-order valence-electron chi connectivity index (χ3n) is 4.65. The molecule has 11 heteroatoms. The number of aromatic nitrogens is 1. The molecule has 158 valence electrons. The highest BCUT2D eigenvalue weighted by atomic mass is 32.2. The number of aliphatic hydroxyl groups is 1. The van der Waals surface area contributed by atoms with Gasteiger partial charge in [-0.1, -0.05) is 0 Å². The predicted octanol–water partition coefficient (Wildman–Crippen LogP) is 0.238. The fourth-order valence-electron chi connectivity index (χ4n) is 3.30. The summed E-state index contributed by atoms with van der Waals surface area (Å²) in [4.78, 5) is 25.3. The molecule has 1 saturated heterocycles. The van der Waals surface area contributed by atoms with Crippen molar-refractivity contribution in [3.63, 3.8) is 0 Å². The van der Waals surface area contributed by atoms with Gasteiger partial charge in [0.2, 0.25) is 10.0 Å². The van der Waals surface area contributed by atoms with E-state index in [2.05, 4.69) is 4.72 Å². The van der Waals surface area contributed by atoms with Gasteiger partial charge in [0, 0.05) is 50.5 Å². The molecule has 1 aromatic heterocycles. The van der Waals surface area contributed by atoms with E-state index < -0.39 is 34.0 Å². The van der Waals surface area contributed by atoms with Crippen LogP contribution in [-0.4, -0.2) is 74.0 Å². The van der Waals surface area contributed by atoms with Crippen molar-refractivity contribution < 1.29 is 32.6 Å². The molecule has 2 N–H and O–H groups in total. The Kier molecular flexibility index (Phi) is 7.07. The van der Waals surface area contributed by atoms with Crippen molar-refractivity contribution >= 4 is 22.1 Å². The summed E-state index contributed by atoms with van der Waals surface area (Å²) >= 11 is 0. The van der Waals surface area contributed by atoms with Crippen molar-refractivity contribution in [1.82, 2.24) is 14.2 Å². The molecule has 0 radical (unpaired) electrons. The van der Waals surface area contributed by atoms with E-state index >= 15 is 0 Å². The Morgan fingerprint density at radius 2 is 1.89 bits per heavy atom. The van der Waals surface area contributed by atoms with Crippen LogP contribution in [0.15, 0.2) is 11.1 Å². The standard InChI is InChI=1S/C17H27N3O7S/c1-5-26-16(22)15-11(3)14(9-19(15)4)28(24,25)18-13-8-20(7-12(13)10-21)17(23)27-6-2/h9,12-13,18,21H,5-8,10H2,1-4H3/t12-,13-/m0/s1. The van der Waals surface area contributed by atoms with E-state index in [1.54, 1.807) is 20.9 Å². The lowest BCUT2D eigenvalue weighted by Crippen LogP contribution is -2.42. The summed E-state index contributed by atoms with van der Waals surface area (Å²) < 4.78 is 39.7. The van der Waals surface area contributed by atoms with E-state index in [1.807, 2.05) is 0 Å². The van der Waals surface area contributed by atoms with Crippen molar-refractivity contribution in [3.05, 3.63) is 17.5 Å². The maximum absolute atomic E-state index is 12.9. The monoisotopic (exact) mass is 417 g/mol. The number of likely N-dealkylation sites (tertiary alicyclic amines) is 1. The first-order chi connectivity index (χ1) is 13.2. The van der Waals surface area contributed by atoms with Gasteiger partial charge in [0.05, 0.1) is 13.2 Å². The number of ether oxygens (including phenoxy) is 2. The largest absolute Gasteiger partial charge is 0.461 e. The van der Waals surface area contributed by atoms with Crippen LogP contribution in [0, 0.1) is 12.8 Å². The quantitative estimate of drug-likeness (QED) is 0.608. The molecule has 2 atom stereocenters. The highest BCUT2D eigenvalue weighted by molar-refractivity contribution is 7.89. The second-order valence-corrected chi connectivity index (χ2v) is 8.26. The fraction of sp³-hybridized carbons (Fsp3) is 0.647. The van der Waals surface area contributed by atoms with Gasteiger partial charge in [-0.15, -0.1) is 0 Å². The van der Waals surface area contributed by atoms with E-state index in [-0.39, 0.29) is 49.1 Å². The number of esters is 1. The van der Waals surface area contributed by atoms with Gasteiger partial charge < -0.3 is 24.0 Å². The number of hydrogen-bond donors (Lipinski definition) is 2. The first kappa shape index (κ1) is 22.2. The molecular weight excluding hydrogens is 390 g/mol. The van der Waals surface area contributed by atoms with Crippen molar-refractivity contribution in [2.45, 2.75) is 31.7 Å². The molecule has 0 saturated carbocycles. The Balaban J connectivity index is 2.25. The molecule has 2 rings (SSSR count). The summed E-state index contributed by atoms with van der Waals surface area (Å²) in [6, 6.07) is -0.676. The Morgan fingerprint density at radius 3 is 2.46 bits per heavy atom. The first-order valence-corrected chi connectivity index (χ1v) is 10.5. The van der Waals surface area contributed by atoms with Crippen molar-refractivity contribution in [2.24, 2.45) is 13.0 Å². The molecule has 0 aromatic carbocycles. The third kappa shape index (κ3) is 4.47. The first-order valence-electron chi connectivity index (χ1n) is 9.04. The van der Waals surface area contributed by atoms with Crippen LogP contribution in [-0.2, 0) is 26.5 Å². The van der Waals surface area contributed by atoms with Crippen LogP contribution in [0.1, 0.15) is 29.9 Å². The van der Waals surface area contributed by atoms with Crippen molar-refractivity contribution in [2.75, 3.05) is 32.9 Å². The van der Waals surface area contributed by atoms with Crippen LogP contribution in [0.3, 0.4) is 0 Å². The molecule has 10 nitrogen and oxygen atoms in total. The molecule has 28 heavy (non-hydrogen) atoms. The Hall–Kier alpha value is -2.11. The van der Waals surface area contributed by atoms with Gasteiger partial charge in [-0.3, -0.25) is 0 Å². The average molecular weight is 417 g/mol. The number of carbonyl (C=O) groups is 2. The third-order valence-corrected chi connectivity index (χ3v) is 6.26. The number of rotatable bonds is 7. The molecular formula is C17H27N3O7S. The second-order valence-electron chi connectivity index (χ2n) is 6.57. The molecule has 1 aromatic rings. The molecule has 1 aliphatic rings. The van der Waals surface area contributed by atoms with Gasteiger partial charge in [0.1, 0.15) is 10.6 Å². The minimum Gasteiger partial charge on any atom is -0.461 e. The Morgan fingerprint density at radius 1 is 1.25 bits per heavy atom. The van der Waals surface area contributed by atoms with E-state index in [4.69, 9.17) is 9.47 Å². The lowest BCUT2D eigenvalue weighted by Gasteiger charge is -2.17. The van der Waals surface area contributed by atoms with Gasteiger partial charge in [0.15, 0.2) is 0 Å². The van der Waals surface area contributed by atoms with Crippen LogP contribution in [0.4, 0.5) is 4.79 Å². The molecule has 0 spiro atoms. The maximum Gasteiger partial charge on any atom is 0.409 e. The lowest BCUT2D eigenvalue weighted by molar-refractivity contribution is 0.0514. The maximum atomic E-state index is 12.9. The zero-order valence-electron chi connectivity index (χ0n) is 16.5. The average Bonchev–Trinajstić information content (AvgIpc) is 3.15. The topological polar surface area (TPSA) is 127 Å². The van der Waals surface area contributed by atoms with Gasteiger partial charge in [-0.25, -0.2) is 22.7 Å². The minimum atomic E-state index is -4.00. The number of aryl methyl sites for hydroxylation is 1. The highest BCUT2D eigenvalue weighted by Crippen LogP contribution is 2.24. The zero-order valence-corrected chi connectivity index (χ0v) is 17.3. The molecule has 1 amide bonds. The molecule has 0 aliphatic carbocycles. The molecule has 1 fully saturated rings. The summed E-state index contributed by atoms with van der Waals surface area (Å²) in [7, 11) is -2.44. The number of sulfonamides is 1. The fourth-order valence-corrected chi connectivity index (χ4v) is 4.89. The Bertz CT molecular complexity index is 834. The number of nitrogens with zero attached hydrogens (tertiary/aromatic N) is 2. The number of hydrogen-bond acceptors (Lipinski definition) is 7. The zero-order chi connectivity index (χ0) is 21.1. The summed E-state index contributed by atoms with van der Waals surface area (Å²) in [6.45, 7) is 5.24. The molecule has 1 aliphatic heterocycles. The van der Waals surface area contributed by atoms with Crippen molar-refractivity contribution in [1.29, 1.82) is 0 Å². The summed E-state index contributed by atoms with van der Waals surface area (Å²) in [5, 5.41) is 9.59. The number of amides is 1. The van der Waals surface area contributed by atoms with E-state index in [0.29, 0.717) is 0 Å². The number of aliphatic hydroxyl groups excluding tert-OH is 1. The van der Waals surface area contributed by atoms with E-state index in [9.17, 15) is 23.1 Å². The van der Waals surface area contributed by atoms with E-state index in [0.717, 1.165) is 0 Å². The minimum absolute atomic E-state index is 0.0515. The second kappa shape index (κ2) is 8.93. The Labute approximate surface area is 164 Å². The number of nitrogens with one attached hydrogen (secondary N) is 1. The van der Waals surface area contributed by atoms with E-state index in [1.165, 1.54) is 22.6 Å². The van der Waals surface area contributed by atoms with Gasteiger partial charge in [0.25, 0.3) is 0 Å². The molecule has 2 heterocycles. The summed E-state index contributed by atoms with van der Waals surface area (Å²) in [5.74, 6) is -1.07. The summed E-state index contributed by atoms with van der Waals surface area (Å²) in [6.07, 6.45) is 0.791. The summed E-state index contributed by atoms with van der Waals surface area (Å²) in [5.41, 5.74) is 0.426. The van der Waals surface area contributed by atoms with Crippen LogP contribution < -0.4 is 4.72 Å². The number of carbonyl (C=O) groups excluding carboxylic acids is 2. The van der Waals surface area contributed by atoms with Crippen LogP contribution in [0.2, 0.25) is 0 Å². The van der Waals surface area contributed by atoms with Crippen LogP contribution >= 0.6 is 0 Å². The SMILES string of the molecule is CCOC(=O)c1c(C)c(S(=O)(=O)N[C@H]2CN(C(=O)OCC)C[C@H]2CO)cn1C. The highest BCUT2D eigenvalue weighted by Gasteiger charge is 2.39.